The molecular formula is C10H7NO3. The molecule has 0 saturated heterocycles. The van der Waals surface area contributed by atoms with Crippen LogP contribution in [0.3, 0.4) is 0 Å². The lowest BCUT2D eigenvalue weighted by Crippen LogP contribution is -2.00. The Morgan fingerprint density at radius 1 is 1.57 bits per heavy atom. The van der Waals surface area contributed by atoms with Gasteiger partial charge in [0.15, 0.2) is 12.1 Å². The minimum absolute atomic E-state index is 0.00491. The van der Waals surface area contributed by atoms with Crippen LogP contribution in [0.5, 0.6) is 5.75 Å². The Labute approximate surface area is 80.4 Å². The molecule has 0 unspecified atom stereocenters. The van der Waals surface area contributed by atoms with Gasteiger partial charge in [0.05, 0.1) is 5.56 Å². The highest BCUT2D eigenvalue weighted by atomic mass is 16.3. The normalized spacial score (nSPS) is 9.14. The number of nitrogens with zero attached hydrogens (tertiary/aromatic N) is 1. The number of rotatable bonds is 2. The van der Waals surface area contributed by atoms with Crippen LogP contribution in [-0.2, 0) is 0 Å². The molecule has 70 valence electrons. The standard InChI is InChI=1S/C10H7NO3/c1-6(13)9-3-8(14)2-7(5-12)10(9)4-11/h2-3,5,14H,1H3. The fourth-order valence-corrected chi connectivity index (χ4v) is 1.14. The zero-order chi connectivity index (χ0) is 10.7. The van der Waals surface area contributed by atoms with Crippen LogP contribution in [0.25, 0.3) is 0 Å². The van der Waals surface area contributed by atoms with Crippen LogP contribution in [0.2, 0.25) is 0 Å². The predicted molar refractivity (Wildman–Crippen MR) is 48.2 cm³/mol. The Kier molecular flexibility index (Phi) is 2.63. The van der Waals surface area contributed by atoms with Gasteiger partial charge in [-0.1, -0.05) is 0 Å². The number of phenols is 1. The first-order chi connectivity index (χ1) is 6.60. The number of aromatic hydroxyl groups is 1. The van der Waals surface area contributed by atoms with Crippen LogP contribution in [-0.4, -0.2) is 17.2 Å². The van der Waals surface area contributed by atoms with Gasteiger partial charge in [-0.2, -0.15) is 5.26 Å². The van der Waals surface area contributed by atoms with Gasteiger partial charge in [0.25, 0.3) is 0 Å². The van der Waals surface area contributed by atoms with Crippen molar-refractivity contribution in [2.24, 2.45) is 0 Å². The smallest absolute Gasteiger partial charge is 0.161 e. The zero-order valence-electron chi connectivity index (χ0n) is 7.44. The first kappa shape index (κ1) is 9.93. The predicted octanol–water partition coefficient (Wildman–Crippen LogP) is 1.28. The molecule has 0 amide bonds. The van der Waals surface area contributed by atoms with Crippen molar-refractivity contribution in [3.63, 3.8) is 0 Å². The molecule has 0 spiro atoms. The minimum atomic E-state index is -0.361. The van der Waals surface area contributed by atoms with Crippen molar-refractivity contribution >= 4 is 12.1 Å². The number of benzene rings is 1. The number of hydrogen-bond donors (Lipinski definition) is 1. The van der Waals surface area contributed by atoms with Crippen LogP contribution in [0, 0.1) is 11.3 Å². The van der Waals surface area contributed by atoms with Gasteiger partial charge < -0.3 is 5.11 Å². The molecule has 0 heterocycles. The maximum absolute atomic E-state index is 11.1. The lowest BCUT2D eigenvalue weighted by Gasteiger charge is -2.02. The van der Waals surface area contributed by atoms with Crippen molar-refractivity contribution in [1.29, 1.82) is 5.26 Å². The van der Waals surface area contributed by atoms with E-state index in [1.807, 2.05) is 0 Å². The van der Waals surface area contributed by atoms with Gasteiger partial charge in [0.1, 0.15) is 11.8 Å². The lowest BCUT2D eigenvalue weighted by molar-refractivity contribution is 0.101. The summed E-state index contributed by atoms with van der Waals surface area (Å²) in [6.45, 7) is 1.27. The average molecular weight is 189 g/mol. The number of aldehydes is 1. The summed E-state index contributed by atoms with van der Waals surface area (Å²) in [7, 11) is 0. The maximum Gasteiger partial charge on any atom is 0.161 e. The quantitative estimate of drug-likeness (QED) is 0.561. The molecule has 4 nitrogen and oxygen atoms in total. The molecule has 1 aromatic rings. The molecule has 0 bridgehead atoms. The van der Waals surface area contributed by atoms with Gasteiger partial charge in [0, 0.05) is 11.1 Å². The number of hydrogen-bond acceptors (Lipinski definition) is 4. The average Bonchev–Trinajstić information content (AvgIpc) is 2.16. The maximum atomic E-state index is 11.1. The largest absolute Gasteiger partial charge is 0.508 e. The monoisotopic (exact) mass is 189 g/mol. The number of ketones is 1. The third-order valence-electron chi connectivity index (χ3n) is 1.77. The van der Waals surface area contributed by atoms with E-state index in [1.165, 1.54) is 13.0 Å². The Hall–Kier alpha value is -2.15. The summed E-state index contributed by atoms with van der Waals surface area (Å²) >= 11 is 0. The van der Waals surface area contributed by atoms with Crippen molar-refractivity contribution in [2.75, 3.05) is 0 Å². The molecule has 0 aliphatic heterocycles. The first-order valence-corrected chi connectivity index (χ1v) is 3.83. The Balaban J connectivity index is 3.57. The second-order valence-electron chi connectivity index (χ2n) is 2.74. The molecular weight excluding hydrogens is 182 g/mol. The fraction of sp³-hybridized carbons (Fsp3) is 0.100. The van der Waals surface area contributed by atoms with Gasteiger partial charge in [-0.05, 0) is 19.1 Å². The van der Waals surface area contributed by atoms with Crippen LogP contribution in [0.15, 0.2) is 12.1 Å². The summed E-state index contributed by atoms with van der Waals surface area (Å²) in [5, 5.41) is 17.9. The molecule has 4 heteroatoms. The van der Waals surface area contributed by atoms with E-state index in [9.17, 15) is 14.7 Å². The van der Waals surface area contributed by atoms with Gasteiger partial charge in [-0.15, -0.1) is 0 Å². The van der Waals surface area contributed by atoms with Crippen molar-refractivity contribution in [3.05, 3.63) is 28.8 Å². The molecule has 0 aliphatic rings. The van der Waals surface area contributed by atoms with E-state index in [4.69, 9.17) is 5.26 Å². The summed E-state index contributed by atoms with van der Waals surface area (Å²) in [4.78, 5) is 21.6. The third kappa shape index (κ3) is 1.62. The van der Waals surface area contributed by atoms with Crippen molar-refractivity contribution in [1.82, 2.24) is 0 Å². The van der Waals surface area contributed by atoms with Gasteiger partial charge in [0.2, 0.25) is 0 Å². The van der Waals surface area contributed by atoms with E-state index < -0.39 is 0 Å². The highest BCUT2D eigenvalue weighted by molar-refractivity contribution is 5.99. The zero-order valence-corrected chi connectivity index (χ0v) is 7.44. The van der Waals surface area contributed by atoms with Crippen molar-refractivity contribution < 1.29 is 14.7 Å². The topological polar surface area (TPSA) is 78.2 Å². The van der Waals surface area contributed by atoms with Gasteiger partial charge in [-0.3, -0.25) is 9.59 Å². The molecule has 0 saturated carbocycles. The van der Waals surface area contributed by atoms with E-state index in [0.29, 0.717) is 6.29 Å². The molecule has 1 aromatic carbocycles. The highest BCUT2D eigenvalue weighted by Crippen LogP contribution is 2.20. The van der Waals surface area contributed by atoms with E-state index in [-0.39, 0.29) is 28.2 Å². The summed E-state index contributed by atoms with van der Waals surface area (Å²) in [6, 6.07) is 4.09. The SMILES string of the molecule is CC(=O)c1cc(O)cc(C=O)c1C#N. The molecule has 0 aliphatic carbocycles. The molecule has 0 atom stereocenters. The molecule has 0 aromatic heterocycles. The van der Waals surface area contributed by atoms with Crippen molar-refractivity contribution in [3.8, 4) is 11.8 Å². The second-order valence-corrected chi connectivity index (χ2v) is 2.74. The van der Waals surface area contributed by atoms with Gasteiger partial charge in [-0.25, -0.2) is 0 Å². The second kappa shape index (κ2) is 3.71. The van der Waals surface area contributed by atoms with E-state index in [2.05, 4.69) is 0 Å². The molecule has 1 rings (SSSR count). The summed E-state index contributed by atoms with van der Waals surface area (Å²) < 4.78 is 0. The number of phenolic OH excluding ortho intramolecular Hbond substituents is 1. The van der Waals surface area contributed by atoms with E-state index in [1.54, 1.807) is 6.07 Å². The number of Topliss-reactive ketones (excluding diaryl/α,β-unsaturated/α-hetero) is 1. The van der Waals surface area contributed by atoms with Crippen LogP contribution >= 0.6 is 0 Å². The van der Waals surface area contributed by atoms with Crippen LogP contribution < -0.4 is 0 Å². The highest BCUT2D eigenvalue weighted by Gasteiger charge is 2.13. The summed E-state index contributed by atoms with van der Waals surface area (Å²) in [5.41, 5.74) is 0.0950. The summed E-state index contributed by atoms with van der Waals surface area (Å²) in [6.07, 6.45) is 0.435. The van der Waals surface area contributed by atoms with Crippen molar-refractivity contribution in [2.45, 2.75) is 6.92 Å². The molecule has 1 N–H and O–H groups in total. The van der Waals surface area contributed by atoms with E-state index >= 15 is 0 Å². The lowest BCUT2D eigenvalue weighted by atomic mass is 10.00. The first-order valence-electron chi connectivity index (χ1n) is 3.83. The Morgan fingerprint density at radius 2 is 2.21 bits per heavy atom. The van der Waals surface area contributed by atoms with Crippen LogP contribution in [0.4, 0.5) is 0 Å². The third-order valence-corrected chi connectivity index (χ3v) is 1.77. The summed E-state index contributed by atoms with van der Waals surface area (Å²) in [5.74, 6) is -0.558. The molecule has 14 heavy (non-hydrogen) atoms. The van der Waals surface area contributed by atoms with Crippen LogP contribution in [0.1, 0.15) is 33.2 Å². The number of nitriles is 1. The Bertz CT molecular complexity index is 443. The van der Waals surface area contributed by atoms with E-state index in [0.717, 1.165) is 6.07 Å². The Morgan fingerprint density at radius 3 is 2.64 bits per heavy atom. The molecule has 0 radical (unpaired) electrons. The fourth-order valence-electron chi connectivity index (χ4n) is 1.14. The van der Waals surface area contributed by atoms with Gasteiger partial charge >= 0.3 is 0 Å². The minimum Gasteiger partial charge on any atom is -0.508 e. The molecule has 0 fully saturated rings. The number of carbonyl (C=O) groups is 2. The number of carbonyl (C=O) groups excluding carboxylic acids is 2.